The first-order valence-electron chi connectivity index (χ1n) is 8.21. The number of hydrogen-bond acceptors (Lipinski definition) is 5. The Labute approximate surface area is 148 Å². The molecule has 138 valence electrons. The summed E-state index contributed by atoms with van der Waals surface area (Å²) >= 11 is 0. The lowest BCUT2D eigenvalue weighted by Gasteiger charge is -2.13. The zero-order chi connectivity index (χ0) is 18.6. The summed E-state index contributed by atoms with van der Waals surface area (Å²) < 4.78 is 32.1. The number of aryl methyl sites for hydroxylation is 3. The van der Waals surface area contributed by atoms with Crippen LogP contribution in [0.2, 0.25) is 0 Å². The molecule has 0 unspecified atom stereocenters. The Morgan fingerprint density at radius 2 is 1.76 bits per heavy atom. The van der Waals surface area contributed by atoms with Crippen LogP contribution in [0, 0.1) is 20.8 Å². The van der Waals surface area contributed by atoms with Crippen LogP contribution in [0.25, 0.3) is 0 Å². The number of carbonyl (C=O) groups excluding carboxylic acids is 2. The van der Waals surface area contributed by atoms with Gasteiger partial charge in [0.25, 0.3) is 5.91 Å². The molecule has 0 saturated heterocycles. The van der Waals surface area contributed by atoms with Crippen LogP contribution in [0.1, 0.15) is 36.0 Å². The van der Waals surface area contributed by atoms with E-state index in [0.717, 1.165) is 18.4 Å². The SMILES string of the molecule is Cc1cc(C)c(S(=O)(=O)NCCC(=O)OCC(=O)NC2CC2)c(C)c1. The minimum Gasteiger partial charge on any atom is -0.456 e. The molecule has 0 atom stereocenters. The van der Waals surface area contributed by atoms with Gasteiger partial charge in [0.15, 0.2) is 6.61 Å². The predicted molar refractivity (Wildman–Crippen MR) is 92.6 cm³/mol. The lowest BCUT2D eigenvalue weighted by molar-refractivity contribution is -0.148. The lowest BCUT2D eigenvalue weighted by atomic mass is 10.1. The van der Waals surface area contributed by atoms with Gasteiger partial charge in [0.05, 0.1) is 11.3 Å². The molecule has 2 N–H and O–H groups in total. The maximum absolute atomic E-state index is 12.4. The molecule has 1 fully saturated rings. The minimum absolute atomic E-state index is 0.0852. The van der Waals surface area contributed by atoms with E-state index in [1.807, 2.05) is 6.92 Å². The fourth-order valence-corrected chi connectivity index (χ4v) is 4.15. The molecule has 1 saturated carbocycles. The average Bonchev–Trinajstić information content (AvgIpc) is 3.27. The van der Waals surface area contributed by atoms with Gasteiger partial charge in [-0.2, -0.15) is 0 Å². The van der Waals surface area contributed by atoms with Crippen LogP contribution in [-0.4, -0.2) is 39.5 Å². The molecule has 0 aliphatic heterocycles. The Morgan fingerprint density at radius 1 is 1.16 bits per heavy atom. The van der Waals surface area contributed by atoms with E-state index in [2.05, 4.69) is 10.0 Å². The van der Waals surface area contributed by atoms with Crippen LogP contribution < -0.4 is 10.0 Å². The first-order valence-corrected chi connectivity index (χ1v) is 9.70. The molecule has 0 bridgehead atoms. The fraction of sp³-hybridized carbons (Fsp3) is 0.529. The van der Waals surface area contributed by atoms with Crippen LogP contribution in [0.15, 0.2) is 17.0 Å². The third kappa shape index (κ3) is 5.82. The number of nitrogens with one attached hydrogen (secondary N) is 2. The van der Waals surface area contributed by atoms with Gasteiger partial charge in [0.2, 0.25) is 10.0 Å². The van der Waals surface area contributed by atoms with Gasteiger partial charge in [0.1, 0.15) is 0 Å². The van der Waals surface area contributed by atoms with Crippen LogP contribution >= 0.6 is 0 Å². The molecular weight excluding hydrogens is 344 g/mol. The van der Waals surface area contributed by atoms with E-state index >= 15 is 0 Å². The minimum atomic E-state index is -3.71. The maximum atomic E-state index is 12.4. The molecule has 7 nitrogen and oxygen atoms in total. The second kappa shape index (κ2) is 7.97. The maximum Gasteiger partial charge on any atom is 0.307 e. The molecule has 0 heterocycles. The van der Waals surface area contributed by atoms with Gasteiger partial charge < -0.3 is 10.1 Å². The molecule has 2 rings (SSSR count). The highest BCUT2D eigenvalue weighted by Crippen LogP contribution is 2.21. The Balaban J connectivity index is 1.81. The number of sulfonamides is 1. The highest BCUT2D eigenvalue weighted by molar-refractivity contribution is 7.89. The van der Waals surface area contributed by atoms with Gasteiger partial charge >= 0.3 is 5.97 Å². The molecule has 1 aromatic rings. The highest BCUT2D eigenvalue weighted by Gasteiger charge is 2.24. The van der Waals surface area contributed by atoms with Crippen molar-refractivity contribution < 1.29 is 22.7 Å². The average molecular weight is 368 g/mol. The molecule has 25 heavy (non-hydrogen) atoms. The van der Waals surface area contributed by atoms with Gasteiger partial charge in [-0.15, -0.1) is 0 Å². The summed E-state index contributed by atoms with van der Waals surface area (Å²) in [5, 5.41) is 2.70. The summed E-state index contributed by atoms with van der Waals surface area (Å²) in [5.41, 5.74) is 2.30. The van der Waals surface area contributed by atoms with Crippen molar-refractivity contribution in [1.29, 1.82) is 0 Å². The third-order valence-corrected chi connectivity index (χ3v) is 5.57. The van der Waals surface area contributed by atoms with Gasteiger partial charge in [-0.05, 0) is 44.7 Å². The molecule has 1 aliphatic rings. The van der Waals surface area contributed by atoms with E-state index in [9.17, 15) is 18.0 Å². The van der Waals surface area contributed by atoms with E-state index < -0.39 is 16.0 Å². The number of rotatable bonds is 8. The Bertz CT molecular complexity index is 746. The van der Waals surface area contributed by atoms with Gasteiger partial charge in [-0.1, -0.05) is 17.7 Å². The van der Waals surface area contributed by atoms with E-state index in [1.54, 1.807) is 26.0 Å². The number of carbonyl (C=O) groups is 2. The van der Waals surface area contributed by atoms with Crippen molar-refractivity contribution in [2.45, 2.75) is 51.0 Å². The van der Waals surface area contributed by atoms with Crippen LogP contribution in [0.3, 0.4) is 0 Å². The largest absolute Gasteiger partial charge is 0.456 e. The monoisotopic (exact) mass is 368 g/mol. The highest BCUT2D eigenvalue weighted by atomic mass is 32.2. The van der Waals surface area contributed by atoms with E-state index in [4.69, 9.17) is 4.74 Å². The van der Waals surface area contributed by atoms with Crippen LogP contribution in [0.5, 0.6) is 0 Å². The molecular formula is C17H24N2O5S. The molecule has 0 aromatic heterocycles. The van der Waals surface area contributed by atoms with Crippen molar-refractivity contribution in [3.63, 3.8) is 0 Å². The zero-order valence-corrected chi connectivity index (χ0v) is 15.5. The standard InChI is InChI=1S/C17H24N2O5S/c1-11-8-12(2)17(13(3)9-11)25(22,23)18-7-6-16(21)24-10-15(20)19-14-4-5-14/h8-9,14,18H,4-7,10H2,1-3H3,(H,19,20). The molecule has 0 spiro atoms. The quantitative estimate of drug-likeness (QED) is 0.669. The topological polar surface area (TPSA) is 102 Å². The molecule has 8 heteroatoms. The first kappa shape index (κ1) is 19.4. The van der Waals surface area contributed by atoms with E-state index in [0.29, 0.717) is 11.1 Å². The smallest absolute Gasteiger partial charge is 0.307 e. The number of esters is 1. The van der Waals surface area contributed by atoms with E-state index in [1.165, 1.54) is 0 Å². The van der Waals surface area contributed by atoms with Crippen LogP contribution in [0.4, 0.5) is 0 Å². The van der Waals surface area contributed by atoms with Crippen molar-refractivity contribution in [2.24, 2.45) is 0 Å². The summed E-state index contributed by atoms with van der Waals surface area (Å²) in [7, 11) is -3.71. The van der Waals surface area contributed by atoms with E-state index in [-0.39, 0.29) is 36.4 Å². The van der Waals surface area contributed by atoms with Crippen molar-refractivity contribution in [3.8, 4) is 0 Å². The molecule has 1 aromatic carbocycles. The number of benzene rings is 1. The van der Waals surface area contributed by atoms with Crippen molar-refractivity contribution >= 4 is 21.9 Å². The molecule has 0 radical (unpaired) electrons. The Hall–Kier alpha value is -1.93. The summed E-state index contributed by atoms with van der Waals surface area (Å²) in [4.78, 5) is 23.3. The number of amides is 1. The second-order valence-electron chi connectivity index (χ2n) is 6.38. The third-order valence-electron chi connectivity index (χ3n) is 3.80. The van der Waals surface area contributed by atoms with Crippen molar-refractivity contribution in [2.75, 3.05) is 13.2 Å². The fourth-order valence-electron chi connectivity index (χ4n) is 2.67. The Kier molecular flexibility index (Phi) is 6.18. The lowest BCUT2D eigenvalue weighted by Crippen LogP contribution is -2.31. The van der Waals surface area contributed by atoms with Gasteiger partial charge in [-0.25, -0.2) is 13.1 Å². The van der Waals surface area contributed by atoms with Crippen molar-refractivity contribution in [3.05, 3.63) is 28.8 Å². The summed E-state index contributed by atoms with van der Waals surface area (Å²) in [6.07, 6.45) is 1.78. The Morgan fingerprint density at radius 3 is 2.32 bits per heavy atom. The molecule has 1 aliphatic carbocycles. The zero-order valence-electron chi connectivity index (χ0n) is 14.7. The number of hydrogen-bond donors (Lipinski definition) is 2. The summed E-state index contributed by atoms with van der Waals surface area (Å²) in [6, 6.07) is 3.81. The van der Waals surface area contributed by atoms with Gasteiger partial charge in [0, 0.05) is 12.6 Å². The van der Waals surface area contributed by atoms with Crippen LogP contribution in [-0.2, 0) is 24.3 Å². The summed E-state index contributed by atoms with van der Waals surface area (Å²) in [6.45, 7) is 4.96. The first-order chi connectivity index (χ1) is 11.7. The molecule has 1 amide bonds. The summed E-state index contributed by atoms with van der Waals surface area (Å²) in [5.74, 6) is -0.951. The van der Waals surface area contributed by atoms with Gasteiger partial charge in [-0.3, -0.25) is 9.59 Å². The number of ether oxygens (including phenoxy) is 1. The second-order valence-corrected chi connectivity index (χ2v) is 8.08. The predicted octanol–water partition coefficient (Wildman–Crippen LogP) is 1.10. The van der Waals surface area contributed by atoms with Crippen molar-refractivity contribution in [1.82, 2.24) is 10.0 Å². The normalized spacial score (nSPS) is 14.2.